The quantitative estimate of drug-likeness (QED) is 0.456. The van der Waals surface area contributed by atoms with Crippen molar-refractivity contribution in [2.45, 2.75) is 13.8 Å². The summed E-state index contributed by atoms with van der Waals surface area (Å²) in [6, 6.07) is 9.64. The lowest BCUT2D eigenvalue weighted by Crippen LogP contribution is -2.44. The zero-order chi connectivity index (χ0) is 22.2. The van der Waals surface area contributed by atoms with Gasteiger partial charge >= 0.3 is 6.01 Å². The number of nitrogens with zero attached hydrogens (tertiary/aromatic N) is 5. The van der Waals surface area contributed by atoms with Crippen LogP contribution in [-0.4, -0.2) is 58.2 Å². The summed E-state index contributed by atoms with van der Waals surface area (Å²) in [5.41, 5.74) is 2.76. The molecule has 9 nitrogen and oxygen atoms in total. The third kappa shape index (κ3) is 4.21. The number of likely N-dealkylation sites (N-methyl/N-ethyl adjacent to an activating group) is 1. The van der Waals surface area contributed by atoms with E-state index in [0.29, 0.717) is 22.5 Å². The van der Waals surface area contributed by atoms with Crippen LogP contribution < -0.4 is 15.0 Å². The Labute approximate surface area is 190 Å². The van der Waals surface area contributed by atoms with E-state index in [4.69, 9.17) is 20.9 Å². The lowest BCUT2D eigenvalue weighted by atomic mass is 10.2. The number of nitrogens with one attached hydrogen (secondary N) is 2. The largest absolute Gasteiger partial charge is 0.423 e. The lowest BCUT2D eigenvalue weighted by molar-refractivity contribution is 0.311. The Morgan fingerprint density at radius 2 is 1.91 bits per heavy atom. The van der Waals surface area contributed by atoms with E-state index in [1.807, 2.05) is 38.1 Å². The molecule has 0 aliphatic carbocycles. The van der Waals surface area contributed by atoms with Crippen LogP contribution in [0.5, 0.6) is 11.8 Å². The van der Waals surface area contributed by atoms with Crippen LogP contribution >= 0.6 is 11.6 Å². The number of ether oxygens (including phenoxy) is 1. The van der Waals surface area contributed by atoms with Gasteiger partial charge in [0.2, 0.25) is 5.88 Å². The fourth-order valence-electron chi connectivity index (χ4n) is 3.73. The van der Waals surface area contributed by atoms with Crippen molar-refractivity contribution in [3.05, 3.63) is 46.7 Å². The highest BCUT2D eigenvalue weighted by atomic mass is 35.5. The molecule has 1 aromatic carbocycles. The fourth-order valence-corrected chi connectivity index (χ4v) is 3.99. The molecule has 5 rings (SSSR count). The van der Waals surface area contributed by atoms with E-state index >= 15 is 0 Å². The zero-order valence-electron chi connectivity index (χ0n) is 18.1. The molecule has 32 heavy (non-hydrogen) atoms. The molecule has 1 aliphatic rings. The predicted octanol–water partition coefficient (Wildman–Crippen LogP) is 4.50. The molecule has 0 amide bonds. The number of H-pyrrole nitrogens is 1. The highest BCUT2D eigenvalue weighted by Crippen LogP contribution is 2.36. The maximum absolute atomic E-state index is 6.63. The van der Waals surface area contributed by atoms with Gasteiger partial charge in [0.1, 0.15) is 17.4 Å². The van der Waals surface area contributed by atoms with Crippen molar-refractivity contribution < 1.29 is 9.26 Å². The monoisotopic (exact) mass is 453 g/mol. The first-order chi connectivity index (χ1) is 15.4. The Hall–Kier alpha value is -3.30. The molecule has 1 aliphatic heterocycles. The van der Waals surface area contributed by atoms with Gasteiger partial charge in [0, 0.05) is 54.9 Å². The van der Waals surface area contributed by atoms with E-state index in [-0.39, 0.29) is 6.01 Å². The summed E-state index contributed by atoms with van der Waals surface area (Å²) in [7, 11) is 2.12. The van der Waals surface area contributed by atoms with Gasteiger partial charge in [-0.15, -0.1) is 0 Å². The minimum atomic E-state index is 0.202. The number of fused-ring (bicyclic) bond motifs is 1. The number of anilines is 3. The molecule has 2 N–H and O–H groups in total. The summed E-state index contributed by atoms with van der Waals surface area (Å²) < 4.78 is 11.4. The number of piperazine rings is 1. The van der Waals surface area contributed by atoms with Gasteiger partial charge in [-0.1, -0.05) is 16.8 Å². The Morgan fingerprint density at radius 1 is 1.09 bits per heavy atom. The third-order valence-corrected chi connectivity index (χ3v) is 5.83. The van der Waals surface area contributed by atoms with Crippen LogP contribution in [0.4, 0.5) is 17.5 Å². The van der Waals surface area contributed by atoms with E-state index in [2.05, 4.69) is 42.3 Å². The van der Waals surface area contributed by atoms with Gasteiger partial charge in [-0.05, 0) is 39.1 Å². The molecule has 3 aromatic heterocycles. The summed E-state index contributed by atoms with van der Waals surface area (Å²) in [5.74, 6) is 2.32. The van der Waals surface area contributed by atoms with Crippen molar-refractivity contribution in [1.82, 2.24) is 25.0 Å². The van der Waals surface area contributed by atoms with Gasteiger partial charge in [0.05, 0.1) is 10.7 Å². The van der Waals surface area contributed by atoms with Gasteiger partial charge in [0.15, 0.2) is 0 Å². The topological polar surface area (TPSA) is 95.3 Å². The summed E-state index contributed by atoms with van der Waals surface area (Å²) >= 11 is 6.63. The van der Waals surface area contributed by atoms with E-state index in [9.17, 15) is 0 Å². The molecular weight excluding hydrogens is 430 g/mol. The van der Waals surface area contributed by atoms with Crippen molar-refractivity contribution in [2.75, 3.05) is 43.4 Å². The smallest absolute Gasteiger partial charge is 0.325 e. The van der Waals surface area contributed by atoms with Crippen molar-refractivity contribution >= 4 is 40.0 Å². The molecule has 1 fully saturated rings. The van der Waals surface area contributed by atoms with Gasteiger partial charge in [-0.25, -0.2) is 0 Å². The first-order valence-corrected chi connectivity index (χ1v) is 10.8. The standard InChI is InChI=1S/C22H24ClN7O2/c1-13-10-15-16(24-13)4-5-17(21(15)23)31-22-26-18(25-20-11-14(2)28-32-20)12-19(27-22)30-8-6-29(3)7-9-30/h4-5,10-12,24H,6-9H2,1-3H3,(H,25,26,27). The minimum absolute atomic E-state index is 0.202. The Morgan fingerprint density at radius 3 is 2.66 bits per heavy atom. The van der Waals surface area contributed by atoms with Crippen molar-refractivity contribution in [1.29, 1.82) is 0 Å². The second-order valence-electron chi connectivity index (χ2n) is 8.04. The fraction of sp³-hybridized carbons (Fsp3) is 0.318. The maximum atomic E-state index is 6.63. The number of aryl methyl sites for hydroxylation is 2. The van der Waals surface area contributed by atoms with Crippen molar-refractivity contribution in [3.8, 4) is 11.8 Å². The molecule has 1 saturated heterocycles. The first-order valence-electron chi connectivity index (χ1n) is 10.4. The number of halogens is 1. The zero-order valence-corrected chi connectivity index (χ0v) is 18.9. The van der Waals surface area contributed by atoms with Crippen LogP contribution in [0.25, 0.3) is 10.9 Å². The summed E-state index contributed by atoms with van der Waals surface area (Å²) in [5, 5.41) is 8.48. The molecule has 4 aromatic rings. The Balaban J connectivity index is 1.49. The average molecular weight is 454 g/mol. The van der Waals surface area contributed by atoms with Crippen LogP contribution in [-0.2, 0) is 0 Å². The Kier molecular flexibility index (Phi) is 5.36. The maximum Gasteiger partial charge on any atom is 0.325 e. The van der Waals surface area contributed by atoms with Crippen LogP contribution in [0, 0.1) is 13.8 Å². The molecule has 0 saturated carbocycles. The number of hydrogen-bond acceptors (Lipinski definition) is 8. The molecular formula is C22H24ClN7O2. The highest BCUT2D eigenvalue weighted by molar-refractivity contribution is 6.37. The molecule has 166 valence electrons. The third-order valence-electron chi connectivity index (χ3n) is 5.44. The number of aromatic amines is 1. The van der Waals surface area contributed by atoms with E-state index in [0.717, 1.165) is 54.3 Å². The SMILES string of the molecule is Cc1cc(Nc2cc(N3CCN(C)CC3)nc(Oc3ccc4[nH]c(C)cc4c3Cl)n2)on1. The van der Waals surface area contributed by atoms with E-state index in [1.165, 1.54) is 0 Å². The molecule has 10 heteroatoms. The number of rotatable bonds is 5. The van der Waals surface area contributed by atoms with Crippen molar-refractivity contribution in [2.24, 2.45) is 0 Å². The molecule has 4 heterocycles. The molecule has 0 unspecified atom stereocenters. The second-order valence-corrected chi connectivity index (χ2v) is 8.41. The van der Waals surface area contributed by atoms with Crippen LogP contribution in [0.15, 0.2) is 34.9 Å². The summed E-state index contributed by atoms with van der Waals surface area (Å²) in [6.45, 7) is 7.49. The number of hydrogen-bond donors (Lipinski definition) is 2. The predicted molar refractivity (Wildman–Crippen MR) is 124 cm³/mol. The van der Waals surface area contributed by atoms with Crippen LogP contribution in [0.1, 0.15) is 11.4 Å². The number of benzene rings is 1. The highest BCUT2D eigenvalue weighted by Gasteiger charge is 2.19. The van der Waals surface area contributed by atoms with Crippen molar-refractivity contribution in [3.63, 3.8) is 0 Å². The van der Waals surface area contributed by atoms with Crippen LogP contribution in [0.3, 0.4) is 0 Å². The normalized spacial score (nSPS) is 14.8. The molecule has 0 radical (unpaired) electrons. The first kappa shape index (κ1) is 20.6. The summed E-state index contributed by atoms with van der Waals surface area (Å²) in [6.07, 6.45) is 0. The summed E-state index contributed by atoms with van der Waals surface area (Å²) in [4.78, 5) is 17.0. The Bertz CT molecular complexity index is 1260. The number of aromatic nitrogens is 4. The minimum Gasteiger partial charge on any atom is -0.423 e. The average Bonchev–Trinajstić information content (AvgIpc) is 3.35. The van der Waals surface area contributed by atoms with Gasteiger partial charge in [0.25, 0.3) is 0 Å². The molecule has 0 atom stereocenters. The molecule has 0 bridgehead atoms. The van der Waals surface area contributed by atoms with E-state index in [1.54, 1.807) is 6.07 Å². The lowest BCUT2D eigenvalue weighted by Gasteiger charge is -2.33. The van der Waals surface area contributed by atoms with Gasteiger partial charge < -0.3 is 29.4 Å². The van der Waals surface area contributed by atoms with Crippen LogP contribution in [0.2, 0.25) is 5.02 Å². The molecule has 0 spiro atoms. The van der Waals surface area contributed by atoms with Gasteiger partial charge in [-0.2, -0.15) is 9.97 Å². The van der Waals surface area contributed by atoms with Gasteiger partial charge in [-0.3, -0.25) is 0 Å². The second kappa shape index (κ2) is 8.33. The van der Waals surface area contributed by atoms with E-state index < -0.39 is 0 Å².